The van der Waals surface area contributed by atoms with Crippen LogP contribution < -0.4 is 5.32 Å². The molecule has 0 saturated heterocycles. The first-order valence-corrected chi connectivity index (χ1v) is 6.15. The predicted molar refractivity (Wildman–Crippen MR) is 72.4 cm³/mol. The van der Waals surface area contributed by atoms with Crippen molar-refractivity contribution in [2.45, 2.75) is 12.5 Å². The van der Waals surface area contributed by atoms with Crippen molar-refractivity contribution < 1.29 is 9.90 Å². The van der Waals surface area contributed by atoms with Gasteiger partial charge in [-0.2, -0.15) is 0 Å². The Morgan fingerprint density at radius 1 is 1.16 bits per heavy atom. The third-order valence-corrected chi connectivity index (χ3v) is 2.74. The molecule has 0 spiro atoms. The van der Waals surface area contributed by atoms with E-state index < -0.39 is 6.10 Å². The zero-order valence-electron chi connectivity index (χ0n) is 10.5. The lowest BCUT2D eigenvalue weighted by Crippen LogP contribution is -2.29. The second kappa shape index (κ2) is 6.66. The minimum absolute atomic E-state index is 0.145. The van der Waals surface area contributed by atoms with Crippen molar-refractivity contribution in [3.05, 3.63) is 66.0 Å². The largest absolute Gasteiger partial charge is 0.387 e. The highest BCUT2D eigenvalue weighted by molar-refractivity contribution is 5.78. The molecule has 1 aromatic carbocycles. The molecule has 2 rings (SSSR count). The number of benzene rings is 1. The highest BCUT2D eigenvalue weighted by atomic mass is 16.3. The van der Waals surface area contributed by atoms with Gasteiger partial charge in [0.05, 0.1) is 12.5 Å². The number of rotatable bonds is 5. The number of amides is 1. The normalized spacial score (nSPS) is 11.8. The number of hydrogen-bond acceptors (Lipinski definition) is 3. The second-order valence-electron chi connectivity index (χ2n) is 4.23. The first-order valence-electron chi connectivity index (χ1n) is 6.15. The molecule has 1 unspecified atom stereocenters. The number of aliphatic hydroxyl groups excluding tert-OH is 1. The molecule has 0 bridgehead atoms. The van der Waals surface area contributed by atoms with Crippen LogP contribution in [0.3, 0.4) is 0 Å². The zero-order valence-corrected chi connectivity index (χ0v) is 10.5. The van der Waals surface area contributed by atoms with Crippen molar-refractivity contribution in [2.75, 3.05) is 6.54 Å². The van der Waals surface area contributed by atoms with Crippen LogP contribution in [0, 0.1) is 0 Å². The number of nitrogens with one attached hydrogen (secondary N) is 1. The van der Waals surface area contributed by atoms with Crippen LogP contribution >= 0.6 is 0 Å². The summed E-state index contributed by atoms with van der Waals surface area (Å²) in [4.78, 5) is 15.8. The molecule has 19 heavy (non-hydrogen) atoms. The van der Waals surface area contributed by atoms with Crippen LogP contribution in [-0.2, 0) is 11.2 Å². The fraction of sp³-hybridized carbons (Fsp3) is 0.200. The van der Waals surface area contributed by atoms with Crippen molar-refractivity contribution in [3.8, 4) is 0 Å². The molecule has 98 valence electrons. The number of aromatic nitrogens is 1. The molecule has 4 heteroatoms. The van der Waals surface area contributed by atoms with E-state index in [1.54, 1.807) is 18.3 Å². The van der Waals surface area contributed by atoms with Gasteiger partial charge in [-0.05, 0) is 17.7 Å². The van der Waals surface area contributed by atoms with Crippen molar-refractivity contribution in [1.82, 2.24) is 10.3 Å². The molecule has 0 radical (unpaired) electrons. The molecule has 1 aromatic heterocycles. The summed E-state index contributed by atoms with van der Waals surface area (Å²) in [5.41, 5.74) is 1.51. The Kier molecular flexibility index (Phi) is 4.64. The van der Waals surface area contributed by atoms with E-state index in [1.807, 2.05) is 36.4 Å². The second-order valence-corrected chi connectivity index (χ2v) is 4.23. The van der Waals surface area contributed by atoms with Crippen LogP contribution in [0.2, 0.25) is 0 Å². The maximum atomic E-state index is 11.7. The Labute approximate surface area is 112 Å². The summed E-state index contributed by atoms with van der Waals surface area (Å²) in [6.07, 6.45) is 1.19. The van der Waals surface area contributed by atoms with Gasteiger partial charge >= 0.3 is 0 Å². The Bertz CT molecular complexity index is 514. The van der Waals surface area contributed by atoms with E-state index in [0.717, 1.165) is 5.56 Å². The molecule has 4 nitrogen and oxygen atoms in total. The number of aliphatic hydroxyl groups is 1. The molecule has 0 aliphatic rings. The summed E-state index contributed by atoms with van der Waals surface area (Å²) in [5, 5.41) is 12.6. The Balaban J connectivity index is 1.81. The van der Waals surface area contributed by atoms with Gasteiger partial charge in [0, 0.05) is 18.4 Å². The first kappa shape index (κ1) is 13.2. The summed E-state index contributed by atoms with van der Waals surface area (Å²) < 4.78 is 0. The van der Waals surface area contributed by atoms with Crippen LogP contribution in [0.4, 0.5) is 0 Å². The van der Waals surface area contributed by atoms with E-state index >= 15 is 0 Å². The van der Waals surface area contributed by atoms with Gasteiger partial charge in [0.25, 0.3) is 0 Å². The van der Waals surface area contributed by atoms with Crippen molar-refractivity contribution in [2.24, 2.45) is 0 Å². The maximum absolute atomic E-state index is 11.7. The molecule has 1 atom stereocenters. The molecule has 0 saturated carbocycles. The molecule has 0 aliphatic heterocycles. The number of pyridine rings is 1. The fourth-order valence-electron chi connectivity index (χ4n) is 1.73. The molecule has 1 amide bonds. The van der Waals surface area contributed by atoms with Gasteiger partial charge in [-0.3, -0.25) is 9.78 Å². The molecule has 2 aromatic rings. The fourth-order valence-corrected chi connectivity index (χ4v) is 1.73. The van der Waals surface area contributed by atoms with Gasteiger partial charge in [-0.15, -0.1) is 0 Å². The molecule has 2 N–H and O–H groups in total. The summed E-state index contributed by atoms with van der Waals surface area (Å²) in [6.45, 7) is 0.204. The third-order valence-electron chi connectivity index (χ3n) is 2.74. The van der Waals surface area contributed by atoms with E-state index in [4.69, 9.17) is 0 Å². The van der Waals surface area contributed by atoms with Crippen LogP contribution in [-0.4, -0.2) is 22.5 Å². The van der Waals surface area contributed by atoms with Crippen molar-refractivity contribution in [3.63, 3.8) is 0 Å². The predicted octanol–water partition coefficient (Wildman–Crippen LogP) is 1.47. The van der Waals surface area contributed by atoms with Gasteiger partial charge in [0.2, 0.25) is 5.91 Å². The molecular weight excluding hydrogens is 240 g/mol. The minimum Gasteiger partial charge on any atom is -0.387 e. The van der Waals surface area contributed by atoms with Gasteiger partial charge in [0.15, 0.2) is 0 Å². The number of hydrogen-bond donors (Lipinski definition) is 2. The van der Waals surface area contributed by atoms with Crippen molar-refractivity contribution in [1.29, 1.82) is 0 Å². The van der Waals surface area contributed by atoms with Gasteiger partial charge < -0.3 is 10.4 Å². The van der Waals surface area contributed by atoms with E-state index in [2.05, 4.69) is 10.3 Å². The van der Waals surface area contributed by atoms with Crippen molar-refractivity contribution >= 4 is 5.91 Å². The van der Waals surface area contributed by atoms with E-state index in [0.29, 0.717) is 5.69 Å². The number of nitrogens with zero attached hydrogens (tertiary/aromatic N) is 1. The maximum Gasteiger partial charge on any atom is 0.226 e. The Morgan fingerprint density at radius 2 is 1.89 bits per heavy atom. The topological polar surface area (TPSA) is 62.2 Å². The summed E-state index contributed by atoms with van der Waals surface area (Å²) in [6, 6.07) is 14.7. The number of carbonyl (C=O) groups excluding carboxylic acids is 1. The third kappa shape index (κ3) is 4.19. The average Bonchev–Trinajstić information content (AvgIpc) is 2.47. The average molecular weight is 256 g/mol. The summed E-state index contributed by atoms with van der Waals surface area (Å²) in [5.74, 6) is -0.145. The summed E-state index contributed by atoms with van der Waals surface area (Å²) >= 11 is 0. The lowest BCUT2D eigenvalue weighted by Gasteiger charge is -2.12. The SMILES string of the molecule is O=C(Cc1ccccn1)NCC(O)c1ccccc1. The first-order chi connectivity index (χ1) is 9.25. The van der Waals surface area contributed by atoms with E-state index in [-0.39, 0.29) is 18.9 Å². The van der Waals surface area contributed by atoms with E-state index in [1.165, 1.54) is 0 Å². The lowest BCUT2D eigenvalue weighted by molar-refractivity contribution is -0.120. The van der Waals surface area contributed by atoms with Crippen LogP contribution in [0.15, 0.2) is 54.7 Å². The molecular formula is C15H16N2O2. The van der Waals surface area contributed by atoms with Crippen LogP contribution in [0.5, 0.6) is 0 Å². The van der Waals surface area contributed by atoms with Gasteiger partial charge in [0.1, 0.15) is 0 Å². The Hall–Kier alpha value is -2.20. The zero-order chi connectivity index (χ0) is 13.5. The molecule has 0 fully saturated rings. The van der Waals surface area contributed by atoms with E-state index in [9.17, 15) is 9.90 Å². The Morgan fingerprint density at radius 3 is 2.58 bits per heavy atom. The quantitative estimate of drug-likeness (QED) is 0.851. The monoisotopic (exact) mass is 256 g/mol. The standard InChI is InChI=1S/C15H16N2O2/c18-14(12-6-2-1-3-7-12)11-17-15(19)10-13-8-4-5-9-16-13/h1-9,14,18H,10-11H2,(H,17,19). The number of carbonyl (C=O) groups is 1. The van der Waals surface area contributed by atoms with Gasteiger partial charge in [-0.25, -0.2) is 0 Å². The van der Waals surface area contributed by atoms with Crippen LogP contribution in [0.1, 0.15) is 17.4 Å². The van der Waals surface area contributed by atoms with Crippen LogP contribution in [0.25, 0.3) is 0 Å². The molecule has 1 heterocycles. The highest BCUT2D eigenvalue weighted by Gasteiger charge is 2.09. The smallest absolute Gasteiger partial charge is 0.226 e. The van der Waals surface area contributed by atoms with Gasteiger partial charge in [-0.1, -0.05) is 36.4 Å². The summed E-state index contributed by atoms with van der Waals surface area (Å²) in [7, 11) is 0. The lowest BCUT2D eigenvalue weighted by atomic mass is 10.1. The molecule has 0 aliphatic carbocycles. The minimum atomic E-state index is -0.686. The highest BCUT2D eigenvalue weighted by Crippen LogP contribution is 2.10.